The molecule has 0 radical (unpaired) electrons. The highest BCUT2D eigenvalue weighted by atomic mass is 32.2. The van der Waals surface area contributed by atoms with Gasteiger partial charge in [0.05, 0.1) is 0 Å². The summed E-state index contributed by atoms with van der Waals surface area (Å²) in [7, 11) is 1.66. The molecule has 2 atom stereocenters. The average Bonchev–Trinajstić information content (AvgIpc) is 3.18. The number of amides is 3. The van der Waals surface area contributed by atoms with Crippen LogP contribution in [0.4, 0.5) is 4.79 Å². The molecule has 0 bridgehead atoms. The molecule has 4 rings (SSSR count). The number of fused-ring (bicyclic) bond motifs is 1. The number of carbonyl (C=O) groups is 2. The number of imide groups is 1. The van der Waals surface area contributed by atoms with Crippen molar-refractivity contribution in [2.75, 3.05) is 7.05 Å². The third kappa shape index (κ3) is 3.44. The highest BCUT2D eigenvalue weighted by Crippen LogP contribution is 2.34. The van der Waals surface area contributed by atoms with E-state index in [0.717, 1.165) is 21.2 Å². The number of carbonyl (C=O) groups excluding carboxylic acids is 2. The van der Waals surface area contributed by atoms with Crippen LogP contribution in [0.15, 0.2) is 39.0 Å². The molecule has 9 heteroatoms. The summed E-state index contributed by atoms with van der Waals surface area (Å²) < 4.78 is 0.869. The van der Waals surface area contributed by atoms with Crippen LogP contribution in [0.1, 0.15) is 16.8 Å². The van der Waals surface area contributed by atoms with Crippen molar-refractivity contribution in [2.24, 2.45) is 4.99 Å². The van der Waals surface area contributed by atoms with Crippen LogP contribution in [0, 0.1) is 13.8 Å². The van der Waals surface area contributed by atoms with E-state index in [1.165, 1.54) is 16.7 Å². The number of urea groups is 1. The number of thioether (sulfide) groups is 1. The zero-order chi connectivity index (χ0) is 19.1. The van der Waals surface area contributed by atoms with Gasteiger partial charge in [0.25, 0.3) is 5.91 Å². The molecule has 7 nitrogen and oxygen atoms in total. The molecule has 1 saturated heterocycles. The fourth-order valence-corrected chi connectivity index (χ4v) is 5.10. The third-order valence-corrected chi connectivity index (χ3v) is 6.61. The number of likely N-dealkylation sites (N-methyl/N-ethyl adjacent to an activating group) is 1. The summed E-state index contributed by atoms with van der Waals surface area (Å²) in [5.41, 5.74) is 3.20. The fraction of sp³-hybridized carbons (Fsp3) is 0.333. The Morgan fingerprint density at radius 3 is 2.81 bits per heavy atom. The first kappa shape index (κ1) is 18.0. The maximum absolute atomic E-state index is 12.6. The van der Waals surface area contributed by atoms with Crippen LogP contribution in [0.2, 0.25) is 0 Å². The molecule has 1 N–H and O–H groups in total. The van der Waals surface area contributed by atoms with Crippen LogP contribution in [-0.2, 0) is 11.3 Å². The van der Waals surface area contributed by atoms with E-state index in [1.54, 1.807) is 18.4 Å². The number of hydrogen-bond donors (Lipinski definition) is 1. The first-order valence-corrected chi connectivity index (χ1v) is 10.2. The Labute approximate surface area is 165 Å². The van der Waals surface area contributed by atoms with Crippen LogP contribution in [0.25, 0.3) is 0 Å². The molecular formula is C18H19N5O2S2. The van der Waals surface area contributed by atoms with E-state index in [0.29, 0.717) is 11.7 Å². The molecular weight excluding hydrogens is 382 g/mol. The maximum Gasteiger partial charge on any atom is 0.325 e. The summed E-state index contributed by atoms with van der Waals surface area (Å²) in [6, 6.07) is 7.21. The number of rotatable bonds is 3. The largest absolute Gasteiger partial charge is 0.331 e. The lowest BCUT2D eigenvalue weighted by Gasteiger charge is -2.36. The molecule has 3 amide bonds. The number of amidine groups is 1. The third-order valence-electron chi connectivity index (χ3n) is 4.53. The minimum absolute atomic E-state index is 0.314. The lowest BCUT2D eigenvalue weighted by atomic mass is 10.1. The molecule has 2 aromatic rings. The van der Waals surface area contributed by atoms with Crippen molar-refractivity contribution in [3.63, 3.8) is 0 Å². The summed E-state index contributed by atoms with van der Waals surface area (Å²) >= 11 is 2.99. The number of benzene rings is 1. The van der Waals surface area contributed by atoms with Gasteiger partial charge in [-0.1, -0.05) is 29.8 Å². The smallest absolute Gasteiger partial charge is 0.325 e. The van der Waals surface area contributed by atoms with Crippen molar-refractivity contribution < 1.29 is 9.59 Å². The van der Waals surface area contributed by atoms with E-state index >= 15 is 0 Å². The molecule has 140 valence electrons. The van der Waals surface area contributed by atoms with Gasteiger partial charge in [-0.05, 0) is 31.2 Å². The molecule has 0 aliphatic carbocycles. The van der Waals surface area contributed by atoms with Gasteiger partial charge < -0.3 is 9.80 Å². The Morgan fingerprint density at radius 1 is 1.30 bits per heavy atom. The van der Waals surface area contributed by atoms with Crippen molar-refractivity contribution in [1.82, 2.24) is 20.1 Å². The molecule has 1 fully saturated rings. The molecule has 1 aromatic carbocycles. The van der Waals surface area contributed by atoms with Crippen molar-refractivity contribution >= 4 is 40.2 Å². The van der Waals surface area contributed by atoms with Crippen molar-refractivity contribution in [3.8, 4) is 0 Å². The lowest BCUT2D eigenvalue weighted by molar-refractivity contribution is -0.127. The quantitative estimate of drug-likeness (QED) is 0.855. The van der Waals surface area contributed by atoms with Crippen molar-refractivity contribution in [3.05, 3.63) is 46.5 Å². The fourth-order valence-electron chi connectivity index (χ4n) is 3.22. The van der Waals surface area contributed by atoms with Crippen LogP contribution >= 0.6 is 23.1 Å². The summed E-state index contributed by atoms with van der Waals surface area (Å²) in [4.78, 5) is 37.3. The Balaban J connectivity index is 1.68. The van der Waals surface area contributed by atoms with Gasteiger partial charge >= 0.3 is 6.03 Å². The number of hydrogen-bond acceptors (Lipinski definition) is 7. The first-order valence-electron chi connectivity index (χ1n) is 8.50. The van der Waals surface area contributed by atoms with E-state index in [2.05, 4.69) is 16.4 Å². The monoisotopic (exact) mass is 401 g/mol. The standard InChI is InChI=1S/C18H19N5O2S2/c1-10-5-4-6-12(7-10)8-23-13-14(22(3)16(25)21-15(13)24)20-17(23)27-18-19-11(2)9-26-18/h4-7,9,13-14H,8H2,1-3H3,(H,21,24,25). The molecule has 2 unspecified atom stereocenters. The van der Waals surface area contributed by atoms with Gasteiger partial charge in [0, 0.05) is 24.7 Å². The minimum atomic E-state index is -0.545. The highest BCUT2D eigenvalue weighted by molar-refractivity contribution is 8.15. The molecule has 0 saturated carbocycles. The second-order valence-corrected chi connectivity index (χ2v) is 8.72. The summed E-state index contributed by atoms with van der Waals surface area (Å²) in [5.74, 6) is -0.314. The number of thiazole rings is 1. The second-order valence-electron chi connectivity index (χ2n) is 6.65. The van der Waals surface area contributed by atoms with Crippen LogP contribution in [-0.4, -0.2) is 51.1 Å². The first-order chi connectivity index (χ1) is 12.9. The molecule has 0 spiro atoms. The predicted molar refractivity (Wildman–Crippen MR) is 106 cm³/mol. The van der Waals surface area contributed by atoms with Gasteiger partial charge in [-0.15, -0.1) is 11.3 Å². The topological polar surface area (TPSA) is 77.9 Å². The predicted octanol–water partition coefficient (Wildman–Crippen LogP) is 2.60. The highest BCUT2D eigenvalue weighted by Gasteiger charge is 2.48. The summed E-state index contributed by atoms with van der Waals surface area (Å²) in [6.07, 6.45) is -0.528. The van der Waals surface area contributed by atoms with E-state index in [-0.39, 0.29) is 5.91 Å². The second kappa shape index (κ2) is 6.97. The molecule has 27 heavy (non-hydrogen) atoms. The van der Waals surface area contributed by atoms with Crippen LogP contribution in [0.3, 0.4) is 0 Å². The van der Waals surface area contributed by atoms with Gasteiger partial charge in [-0.3, -0.25) is 10.1 Å². The summed E-state index contributed by atoms with van der Waals surface area (Å²) in [6.45, 7) is 4.52. The van der Waals surface area contributed by atoms with Crippen LogP contribution < -0.4 is 5.32 Å². The van der Waals surface area contributed by atoms with Crippen molar-refractivity contribution in [2.45, 2.75) is 36.9 Å². The Hall–Kier alpha value is -2.39. The number of aliphatic imine (C=N–C) groups is 1. The Bertz CT molecular complexity index is 941. The average molecular weight is 402 g/mol. The van der Waals surface area contributed by atoms with E-state index in [9.17, 15) is 9.59 Å². The van der Waals surface area contributed by atoms with E-state index in [4.69, 9.17) is 4.99 Å². The Morgan fingerprint density at radius 2 is 2.11 bits per heavy atom. The van der Waals surface area contributed by atoms with E-state index in [1.807, 2.05) is 42.3 Å². The van der Waals surface area contributed by atoms with Gasteiger partial charge in [-0.25, -0.2) is 14.8 Å². The molecule has 2 aliphatic rings. The van der Waals surface area contributed by atoms with Crippen molar-refractivity contribution in [1.29, 1.82) is 0 Å². The van der Waals surface area contributed by atoms with Gasteiger partial charge in [-0.2, -0.15) is 0 Å². The molecule has 3 heterocycles. The minimum Gasteiger partial charge on any atom is -0.331 e. The van der Waals surface area contributed by atoms with Crippen LogP contribution in [0.5, 0.6) is 0 Å². The SMILES string of the molecule is Cc1cccc(CN2C(Sc3nc(C)cs3)=NC3C2C(=O)NC(=O)N3C)c1. The maximum atomic E-state index is 12.6. The van der Waals surface area contributed by atoms with E-state index < -0.39 is 18.2 Å². The summed E-state index contributed by atoms with van der Waals surface area (Å²) in [5, 5.41) is 5.12. The molecule has 2 aliphatic heterocycles. The Kier molecular flexibility index (Phi) is 4.65. The number of nitrogens with one attached hydrogen (secondary N) is 1. The van der Waals surface area contributed by atoms with Gasteiger partial charge in [0.15, 0.2) is 21.7 Å². The molecule has 1 aromatic heterocycles. The normalized spacial score (nSPS) is 22.0. The zero-order valence-corrected chi connectivity index (χ0v) is 16.8. The number of aromatic nitrogens is 1. The lowest BCUT2D eigenvalue weighted by Crippen LogP contribution is -2.63. The van der Waals surface area contributed by atoms with Gasteiger partial charge in [0.1, 0.15) is 0 Å². The number of aryl methyl sites for hydroxylation is 2. The van der Waals surface area contributed by atoms with Gasteiger partial charge in [0.2, 0.25) is 0 Å². The number of nitrogens with zero attached hydrogens (tertiary/aromatic N) is 4. The zero-order valence-electron chi connectivity index (χ0n) is 15.2.